The Labute approximate surface area is 419 Å². The highest BCUT2D eigenvalue weighted by Crippen LogP contribution is 2.48. The minimum atomic E-state index is -2.67. The minimum Gasteiger partial charge on any atom is -0.565 e. The molecule has 2 fully saturated rings. The number of anilines is 4. The first-order valence-corrected chi connectivity index (χ1v) is 28.9. The number of nitrogens with zero attached hydrogens (tertiary/aromatic N) is 4. The van der Waals surface area contributed by atoms with E-state index in [-0.39, 0.29) is 11.0 Å². The predicted octanol–water partition coefficient (Wildman–Crippen LogP) is 14.7. The number of para-hydroxylation sites is 4. The van der Waals surface area contributed by atoms with E-state index in [2.05, 4.69) is 227 Å². The molecule has 0 aliphatic carbocycles. The summed E-state index contributed by atoms with van der Waals surface area (Å²) < 4.78 is 20.7. The zero-order valence-electron chi connectivity index (χ0n) is 45.6. The highest BCUT2D eigenvalue weighted by atomic mass is 27.3. The molecule has 4 unspecified atom stereocenters. The summed E-state index contributed by atoms with van der Waals surface area (Å²) in [5, 5.41) is 0. The summed E-state index contributed by atoms with van der Waals surface area (Å²) in [5.74, 6) is 2.93. The average molecular weight is 947 g/mol. The second-order valence-electron chi connectivity index (χ2n) is 22.7. The van der Waals surface area contributed by atoms with E-state index >= 15 is 0 Å². The van der Waals surface area contributed by atoms with Crippen molar-refractivity contribution < 1.29 is 13.8 Å². The van der Waals surface area contributed by atoms with Gasteiger partial charge in [0.05, 0.1) is 0 Å². The third-order valence-electron chi connectivity index (χ3n) is 14.9. The highest BCUT2D eigenvalue weighted by Gasteiger charge is 2.60. The van der Waals surface area contributed by atoms with E-state index in [4.69, 9.17) is 2.84 Å². The van der Waals surface area contributed by atoms with Crippen molar-refractivity contribution in [3.05, 3.63) is 117 Å². The van der Waals surface area contributed by atoms with Crippen molar-refractivity contribution in [2.24, 2.45) is 0 Å². The van der Waals surface area contributed by atoms with Crippen molar-refractivity contribution in [1.29, 1.82) is 0 Å². The lowest BCUT2D eigenvalue weighted by molar-refractivity contribution is 0.432. The van der Waals surface area contributed by atoms with Gasteiger partial charge in [-0.3, -0.25) is 0 Å². The molecule has 4 aromatic carbocycles. The van der Waals surface area contributed by atoms with Crippen LogP contribution in [0.15, 0.2) is 72.8 Å². The van der Waals surface area contributed by atoms with Gasteiger partial charge in [-0.25, -0.2) is 0 Å². The van der Waals surface area contributed by atoms with Crippen molar-refractivity contribution in [2.75, 3.05) is 15.5 Å². The Morgan fingerprint density at radius 3 is 0.612 bits per heavy atom. The molecule has 4 N–H and O–H groups in total. The molecule has 6 rings (SSSR count). The van der Waals surface area contributed by atoms with Gasteiger partial charge in [0.1, 0.15) is 0 Å². The molecule has 0 saturated carbocycles. The van der Waals surface area contributed by atoms with E-state index in [9.17, 15) is 0 Å². The van der Waals surface area contributed by atoms with E-state index < -0.39 is 29.8 Å². The molecular weight excluding hydrogens is 855 g/mol. The van der Waals surface area contributed by atoms with Crippen molar-refractivity contribution in [3.8, 4) is 0 Å². The van der Waals surface area contributed by atoms with Crippen molar-refractivity contribution in [2.45, 2.75) is 223 Å². The lowest BCUT2D eigenvalue weighted by atomic mass is 9.91. The van der Waals surface area contributed by atoms with Crippen LogP contribution < -0.4 is 15.5 Å². The molecule has 4 atom stereocenters. The molecule has 2 heterocycles. The fourth-order valence-corrected chi connectivity index (χ4v) is 19.3. The molecule has 2 aliphatic rings. The molecule has 0 aromatic heterocycles. The molecule has 4 aromatic rings. The van der Waals surface area contributed by atoms with Crippen LogP contribution in [0.2, 0.25) is 0 Å². The molecular formula is C58H92Al2N4O3. The van der Waals surface area contributed by atoms with Gasteiger partial charge < -0.3 is 29.3 Å². The molecule has 0 amide bonds. The van der Waals surface area contributed by atoms with Crippen LogP contribution in [-0.4, -0.2) is 65.0 Å². The first-order valence-electron chi connectivity index (χ1n) is 25.9. The lowest BCUT2D eigenvalue weighted by Crippen LogP contribution is -2.74. The monoisotopic (exact) mass is 947 g/mol. The number of benzene rings is 4. The molecule has 0 radical (unpaired) electrons. The van der Waals surface area contributed by atoms with Gasteiger partial charge in [0.15, 0.2) is 0 Å². The number of hydrogen-bond acceptors (Lipinski definition) is 5. The van der Waals surface area contributed by atoms with Crippen LogP contribution in [0.3, 0.4) is 0 Å². The Morgan fingerprint density at radius 2 is 0.478 bits per heavy atom. The van der Waals surface area contributed by atoms with Crippen molar-refractivity contribution >= 4 is 52.6 Å². The molecule has 7 nitrogen and oxygen atoms in total. The fourth-order valence-electron chi connectivity index (χ4n) is 11.5. The predicted molar refractivity (Wildman–Crippen MR) is 295 cm³/mol. The topological polar surface area (TPSA) is 85.2 Å². The highest BCUT2D eigenvalue weighted by molar-refractivity contribution is 6.75. The summed E-state index contributed by atoms with van der Waals surface area (Å²) in [5.41, 5.74) is 17.3. The Hall–Kier alpha value is -2.98. The third-order valence-corrected chi connectivity index (χ3v) is 21.8. The standard InChI is InChI=1S/2C29H44N2.2Al.2H2O.O/c2*1-18(2)24-13-11-14-25(19(3)4)28(24)30-22(9)17-23(10)31-29-26(20(5)6)15-12-16-27(29)21(7)8;;;;;/h2*11-16,18-23H,17H2,1-10H3;;;2*1H2;/q2*-2;2*+2;;;. The summed E-state index contributed by atoms with van der Waals surface area (Å²) in [6.45, 7) is 48.5. The molecule has 368 valence electrons. The first kappa shape index (κ1) is 56.6. The van der Waals surface area contributed by atoms with E-state index in [1.54, 1.807) is 0 Å². The van der Waals surface area contributed by atoms with Crippen molar-refractivity contribution in [1.82, 2.24) is 0 Å². The normalized spacial score (nSPS) is 19.3. The van der Waals surface area contributed by atoms with Gasteiger partial charge in [0.25, 0.3) is 0 Å². The molecule has 0 bridgehead atoms. The van der Waals surface area contributed by atoms with E-state index in [0.29, 0.717) is 71.5 Å². The largest absolute Gasteiger partial charge is 0.767 e. The summed E-state index contributed by atoms with van der Waals surface area (Å²) >= 11 is -5.34. The van der Waals surface area contributed by atoms with E-state index in [1.807, 2.05) is 0 Å². The SMILES string of the molecule is CC(C)c1cccc(C(C)C)c1[N]1C(C)CC(C)[N](c2c(C(C)C)cccc2C(C)C)[Al]1[O][Al]1[N](c2c(C(C)C)cccc2C(C)C)C(C)CC(C)[N]1c1c(C(C)C)cccc1C(C)C.O.O. The maximum absolute atomic E-state index is 8.94. The molecule has 2 saturated heterocycles. The maximum Gasteiger partial charge on any atom is 0.767 e. The molecule has 2 aliphatic heterocycles. The van der Waals surface area contributed by atoms with E-state index in [0.717, 1.165) is 12.8 Å². The number of rotatable bonds is 14. The van der Waals surface area contributed by atoms with Crippen LogP contribution in [-0.2, 0) is 2.84 Å². The fraction of sp³-hybridized carbons (Fsp3) is 0.586. The Balaban J connectivity index is 0.00000490. The van der Waals surface area contributed by atoms with Gasteiger partial charge >= 0.3 is 29.8 Å². The zero-order valence-corrected chi connectivity index (χ0v) is 47.9. The Bertz CT molecular complexity index is 1830. The molecule has 9 heteroatoms. The van der Waals surface area contributed by atoms with Crippen LogP contribution in [0, 0.1) is 0 Å². The third kappa shape index (κ3) is 11.2. The number of hydrogen-bond donors (Lipinski definition) is 0. The van der Waals surface area contributed by atoms with Gasteiger partial charge in [0.2, 0.25) is 0 Å². The summed E-state index contributed by atoms with van der Waals surface area (Å²) in [6.07, 6.45) is 2.13. The zero-order chi connectivity index (χ0) is 47.9. The molecule has 67 heavy (non-hydrogen) atoms. The second-order valence-corrected chi connectivity index (χ2v) is 27.3. The van der Waals surface area contributed by atoms with Gasteiger partial charge in [-0.2, -0.15) is 0 Å². The first-order chi connectivity index (χ1) is 30.6. The minimum absolute atomic E-state index is 0. The summed E-state index contributed by atoms with van der Waals surface area (Å²) in [7, 11) is 0. The van der Waals surface area contributed by atoms with Crippen molar-refractivity contribution in [3.63, 3.8) is 0 Å². The Kier molecular flexibility index (Phi) is 19.7. The van der Waals surface area contributed by atoms with Crippen LogP contribution in [0.1, 0.15) is 243 Å². The van der Waals surface area contributed by atoms with Crippen LogP contribution in [0.25, 0.3) is 0 Å². The summed E-state index contributed by atoms with van der Waals surface area (Å²) in [6, 6.07) is 29.9. The maximum atomic E-state index is 8.94. The van der Waals surface area contributed by atoms with Crippen LogP contribution in [0.4, 0.5) is 22.7 Å². The average Bonchev–Trinajstić information content (AvgIpc) is 3.22. The molecule has 0 spiro atoms. The van der Waals surface area contributed by atoms with Crippen LogP contribution >= 0.6 is 0 Å². The van der Waals surface area contributed by atoms with Gasteiger partial charge in [0, 0.05) is 46.9 Å². The smallest absolute Gasteiger partial charge is 0.565 e. The van der Waals surface area contributed by atoms with Gasteiger partial charge in [-0.1, -0.05) is 184 Å². The quantitative estimate of drug-likeness (QED) is 0.118. The summed E-state index contributed by atoms with van der Waals surface area (Å²) in [4.78, 5) is 0. The van der Waals surface area contributed by atoms with E-state index in [1.165, 1.54) is 67.3 Å². The lowest BCUT2D eigenvalue weighted by Gasteiger charge is -2.56. The van der Waals surface area contributed by atoms with Gasteiger partial charge in [-0.15, -0.1) is 0 Å². The second kappa shape index (κ2) is 23.3. The Morgan fingerprint density at radius 1 is 0.328 bits per heavy atom. The van der Waals surface area contributed by atoms with Crippen LogP contribution in [0.5, 0.6) is 0 Å². The van der Waals surface area contributed by atoms with Gasteiger partial charge in [-0.05, 0) is 132 Å².